The molecule has 0 spiro atoms. The van der Waals surface area contributed by atoms with Gasteiger partial charge in [-0.3, -0.25) is 9.59 Å². The van der Waals surface area contributed by atoms with Gasteiger partial charge >= 0.3 is 5.97 Å². The fraction of sp³-hybridized carbons (Fsp3) is 0.923. The van der Waals surface area contributed by atoms with E-state index in [1.54, 1.807) is 0 Å². The van der Waals surface area contributed by atoms with Gasteiger partial charge in [0, 0.05) is 6.42 Å². The minimum atomic E-state index is -0.417. The standard InChI is InChI=1S/C26H50O3/c1-4-5-6-7-8-9-10-11-12-13-14-15-16-17-18-19-20-21-24(2)22-25(27)23-26(28)29-3/h24H,4-23H2,1-3H3/t24-/m0/s1. The fourth-order valence-corrected chi connectivity index (χ4v) is 4.01. The largest absolute Gasteiger partial charge is 0.469 e. The predicted octanol–water partition coefficient (Wildman–Crippen LogP) is 8.19. The molecule has 0 aromatic heterocycles. The van der Waals surface area contributed by atoms with Crippen LogP contribution in [-0.4, -0.2) is 18.9 Å². The van der Waals surface area contributed by atoms with Crippen LogP contribution in [0.25, 0.3) is 0 Å². The van der Waals surface area contributed by atoms with Gasteiger partial charge in [-0.1, -0.05) is 129 Å². The Kier molecular flexibility index (Phi) is 21.2. The molecule has 0 saturated heterocycles. The first kappa shape index (κ1) is 28.1. The van der Waals surface area contributed by atoms with Crippen LogP contribution in [0.5, 0.6) is 0 Å². The maximum atomic E-state index is 11.7. The maximum Gasteiger partial charge on any atom is 0.313 e. The van der Waals surface area contributed by atoms with E-state index in [9.17, 15) is 9.59 Å². The predicted molar refractivity (Wildman–Crippen MR) is 124 cm³/mol. The van der Waals surface area contributed by atoms with E-state index in [2.05, 4.69) is 18.6 Å². The Morgan fingerprint density at radius 2 is 1.03 bits per heavy atom. The van der Waals surface area contributed by atoms with Crippen molar-refractivity contribution in [2.24, 2.45) is 5.92 Å². The van der Waals surface area contributed by atoms with Gasteiger partial charge in [0.2, 0.25) is 0 Å². The molecule has 0 amide bonds. The van der Waals surface area contributed by atoms with Crippen LogP contribution in [0.2, 0.25) is 0 Å². The zero-order valence-corrected chi connectivity index (χ0v) is 19.9. The molecule has 0 fully saturated rings. The van der Waals surface area contributed by atoms with Crippen LogP contribution >= 0.6 is 0 Å². The fourth-order valence-electron chi connectivity index (χ4n) is 4.01. The number of ketones is 1. The Labute approximate surface area is 181 Å². The van der Waals surface area contributed by atoms with Crippen LogP contribution in [0.3, 0.4) is 0 Å². The second-order valence-corrected chi connectivity index (χ2v) is 9.05. The van der Waals surface area contributed by atoms with Gasteiger partial charge in [0.15, 0.2) is 0 Å². The quantitative estimate of drug-likeness (QED) is 0.103. The van der Waals surface area contributed by atoms with Gasteiger partial charge in [0.05, 0.1) is 7.11 Å². The zero-order valence-electron chi connectivity index (χ0n) is 19.9. The third-order valence-corrected chi connectivity index (χ3v) is 5.95. The summed E-state index contributed by atoms with van der Waals surface area (Å²) < 4.78 is 4.54. The Hall–Kier alpha value is -0.860. The lowest BCUT2D eigenvalue weighted by Gasteiger charge is -2.10. The SMILES string of the molecule is CCCCCCCCCCCCCCCCCCC[C@H](C)CC(=O)CC(=O)OC. The van der Waals surface area contributed by atoms with Crippen molar-refractivity contribution in [1.82, 2.24) is 0 Å². The number of methoxy groups -OCH3 is 1. The average molecular weight is 411 g/mol. The molecule has 0 N–H and O–H groups in total. The molecule has 1 atom stereocenters. The topological polar surface area (TPSA) is 43.4 Å². The number of rotatable bonds is 22. The molecule has 0 unspecified atom stereocenters. The summed E-state index contributed by atoms with van der Waals surface area (Å²) in [6.07, 6.45) is 25.1. The summed E-state index contributed by atoms with van der Waals surface area (Å²) in [5, 5.41) is 0. The minimum absolute atomic E-state index is 0.0105. The molecule has 0 aliphatic carbocycles. The zero-order chi connectivity index (χ0) is 21.6. The number of Topliss-reactive ketones (excluding diaryl/α,β-unsaturated/α-hetero) is 1. The lowest BCUT2D eigenvalue weighted by Crippen LogP contribution is -2.12. The normalized spacial score (nSPS) is 12.1. The third kappa shape index (κ3) is 21.7. The molecule has 172 valence electrons. The van der Waals surface area contributed by atoms with Gasteiger partial charge in [-0.25, -0.2) is 0 Å². The van der Waals surface area contributed by atoms with Crippen LogP contribution in [0.15, 0.2) is 0 Å². The summed E-state index contributed by atoms with van der Waals surface area (Å²) in [4.78, 5) is 22.8. The molecule has 29 heavy (non-hydrogen) atoms. The summed E-state index contributed by atoms with van der Waals surface area (Å²) >= 11 is 0. The van der Waals surface area contributed by atoms with E-state index in [4.69, 9.17) is 0 Å². The van der Waals surface area contributed by atoms with Crippen LogP contribution in [0, 0.1) is 5.92 Å². The highest BCUT2D eigenvalue weighted by atomic mass is 16.5. The number of carbonyl (C=O) groups is 2. The number of esters is 1. The van der Waals surface area contributed by atoms with Gasteiger partial charge < -0.3 is 4.74 Å². The summed E-state index contributed by atoms with van der Waals surface area (Å²) in [5.74, 6) is -0.0279. The molecule has 0 radical (unpaired) electrons. The highest BCUT2D eigenvalue weighted by molar-refractivity contribution is 5.95. The Morgan fingerprint density at radius 3 is 1.41 bits per heavy atom. The number of hydrogen-bond donors (Lipinski definition) is 0. The first-order valence-corrected chi connectivity index (χ1v) is 12.7. The molecule has 3 nitrogen and oxygen atoms in total. The molecule has 0 aliphatic rings. The van der Waals surface area contributed by atoms with Crippen molar-refractivity contribution >= 4 is 11.8 Å². The lowest BCUT2D eigenvalue weighted by atomic mass is 9.96. The van der Waals surface area contributed by atoms with Crippen LogP contribution in [-0.2, 0) is 14.3 Å². The second-order valence-electron chi connectivity index (χ2n) is 9.05. The van der Waals surface area contributed by atoms with Gasteiger partial charge in [0.1, 0.15) is 12.2 Å². The first-order valence-electron chi connectivity index (χ1n) is 12.7. The Balaban J connectivity index is 3.23. The van der Waals surface area contributed by atoms with Crippen molar-refractivity contribution < 1.29 is 14.3 Å². The van der Waals surface area contributed by atoms with Crippen LogP contribution in [0.1, 0.15) is 142 Å². The number of hydrogen-bond acceptors (Lipinski definition) is 3. The van der Waals surface area contributed by atoms with E-state index in [1.807, 2.05) is 0 Å². The van der Waals surface area contributed by atoms with E-state index in [0.717, 1.165) is 6.42 Å². The third-order valence-electron chi connectivity index (χ3n) is 5.95. The second kappa shape index (κ2) is 21.8. The maximum absolute atomic E-state index is 11.7. The summed E-state index contributed by atoms with van der Waals surface area (Å²) in [6, 6.07) is 0. The molecular weight excluding hydrogens is 360 g/mol. The van der Waals surface area contributed by atoms with Gasteiger partial charge in [0.25, 0.3) is 0 Å². The molecular formula is C26H50O3. The van der Waals surface area contributed by atoms with E-state index in [1.165, 1.54) is 116 Å². The van der Waals surface area contributed by atoms with Crippen molar-refractivity contribution in [2.75, 3.05) is 7.11 Å². The van der Waals surface area contributed by atoms with E-state index < -0.39 is 5.97 Å². The van der Waals surface area contributed by atoms with Crippen LogP contribution < -0.4 is 0 Å². The van der Waals surface area contributed by atoms with Crippen molar-refractivity contribution in [1.29, 1.82) is 0 Å². The van der Waals surface area contributed by atoms with E-state index in [0.29, 0.717) is 12.3 Å². The molecule has 0 aliphatic heterocycles. The monoisotopic (exact) mass is 410 g/mol. The van der Waals surface area contributed by atoms with Gasteiger partial charge in [-0.2, -0.15) is 0 Å². The number of ether oxygens (including phenoxy) is 1. The van der Waals surface area contributed by atoms with E-state index >= 15 is 0 Å². The summed E-state index contributed by atoms with van der Waals surface area (Å²) in [5.41, 5.74) is 0. The van der Waals surface area contributed by atoms with Crippen molar-refractivity contribution in [2.45, 2.75) is 142 Å². The first-order chi connectivity index (χ1) is 14.1. The molecule has 3 heteroatoms. The molecule has 0 heterocycles. The smallest absolute Gasteiger partial charge is 0.313 e. The van der Waals surface area contributed by atoms with Crippen LogP contribution in [0.4, 0.5) is 0 Å². The average Bonchev–Trinajstić information content (AvgIpc) is 2.70. The lowest BCUT2D eigenvalue weighted by molar-refractivity contribution is -0.143. The minimum Gasteiger partial charge on any atom is -0.469 e. The number of carbonyl (C=O) groups excluding carboxylic acids is 2. The van der Waals surface area contributed by atoms with Gasteiger partial charge in [-0.05, 0) is 5.92 Å². The summed E-state index contributed by atoms with van der Waals surface area (Å²) in [7, 11) is 1.33. The van der Waals surface area contributed by atoms with E-state index in [-0.39, 0.29) is 12.2 Å². The Morgan fingerprint density at radius 1 is 0.655 bits per heavy atom. The van der Waals surface area contributed by atoms with Crippen molar-refractivity contribution in [3.05, 3.63) is 0 Å². The molecule has 0 aromatic rings. The molecule has 0 rings (SSSR count). The van der Waals surface area contributed by atoms with Gasteiger partial charge in [-0.15, -0.1) is 0 Å². The summed E-state index contributed by atoms with van der Waals surface area (Å²) in [6.45, 7) is 4.39. The molecule has 0 aromatic carbocycles. The van der Waals surface area contributed by atoms with Crippen molar-refractivity contribution in [3.8, 4) is 0 Å². The molecule has 0 saturated carbocycles. The van der Waals surface area contributed by atoms with Crippen molar-refractivity contribution in [3.63, 3.8) is 0 Å². The Bertz CT molecular complexity index is 378. The number of unbranched alkanes of at least 4 members (excludes halogenated alkanes) is 16. The highest BCUT2D eigenvalue weighted by Gasteiger charge is 2.13. The molecule has 0 bridgehead atoms. The highest BCUT2D eigenvalue weighted by Crippen LogP contribution is 2.17.